The summed E-state index contributed by atoms with van der Waals surface area (Å²) in [5.41, 5.74) is 1.55. The van der Waals surface area contributed by atoms with Gasteiger partial charge in [-0.05, 0) is 30.5 Å². The summed E-state index contributed by atoms with van der Waals surface area (Å²) in [5, 5.41) is 0.336. The molecule has 98 valence electrons. The summed E-state index contributed by atoms with van der Waals surface area (Å²) in [6.07, 6.45) is 1.25. The van der Waals surface area contributed by atoms with E-state index in [1.807, 2.05) is 11.8 Å². The summed E-state index contributed by atoms with van der Waals surface area (Å²) < 4.78 is 0. The lowest BCUT2D eigenvalue weighted by Gasteiger charge is -2.35. The second-order valence-corrected chi connectivity index (χ2v) is 7.21. The minimum absolute atomic E-state index is 0.336. The number of piperidine rings is 1. The first-order valence-corrected chi connectivity index (χ1v) is 8.24. The highest BCUT2D eigenvalue weighted by Crippen LogP contribution is 2.40. The standard InChI is InChI=1S/C15H20ClNS/c1-11-6-7-17(9-14(11)16)8-12-10-18-15-5-3-2-4-13(12)15/h2-5,11-12,14H,6-10H2,1H3. The Hall–Kier alpha value is -0.180. The van der Waals surface area contributed by atoms with Gasteiger partial charge in [-0.25, -0.2) is 0 Å². The van der Waals surface area contributed by atoms with Crippen molar-refractivity contribution in [2.45, 2.75) is 29.5 Å². The molecule has 3 atom stereocenters. The molecule has 18 heavy (non-hydrogen) atoms. The smallest absolute Gasteiger partial charge is 0.0489 e. The van der Waals surface area contributed by atoms with E-state index >= 15 is 0 Å². The van der Waals surface area contributed by atoms with Crippen LogP contribution in [0, 0.1) is 5.92 Å². The van der Waals surface area contributed by atoms with Gasteiger partial charge in [-0.15, -0.1) is 23.4 Å². The fraction of sp³-hybridized carbons (Fsp3) is 0.600. The number of likely N-dealkylation sites (tertiary alicyclic amines) is 1. The molecule has 3 rings (SSSR count). The number of nitrogens with zero attached hydrogens (tertiary/aromatic N) is 1. The Labute approximate surface area is 119 Å². The molecule has 3 heteroatoms. The summed E-state index contributed by atoms with van der Waals surface area (Å²) in [7, 11) is 0. The van der Waals surface area contributed by atoms with E-state index in [9.17, 15) is 0 Å². The predicted octanol–water partition coefficient (Wildman–Crippen LogP) is 3.83. The average Bonchev–Trinajstić information content (AvgIpc) is 2.78. The number of thioether (sulfide) groups is 1. The molecular weight excluding hydrogens is 262 g/mol. The highest BCUT2D eigenvalue weighted by atomic mass is 35.5. The van der Waals surface area contributed by atoms with Crippen molar-refractivity contribution < 1.29 is 0 Å². The van der Waals surface area contributed by atoms with Crippen molar-refractivity contribution in [2.24, 2.45) is 5.92 Å². The molecule has 0 spiro atoms. The van der Waals surface area contributed by atoms with Gasteiger partial charge in [-0.2, -0.15) is 0 Å². The molecule has 1 fully saturated rings. The van der Waals surface area contributed by atoms with Crippen molar-refractivity contribution in [2.75, 3.05) is 25.4 Å². The van der Waals surface area contributed by atoms with Gasteiger partial charge in [0.15, 0.2) is 0 Å². The largest absolute Gasteiger partial charge is 0.301 e. The van der Waals surface area contributed by atoms with E-state index in [1.165, 1.54) is 30.2 Å². The van der Waals surface area contributed by atoms with E-state index in [0.29, 0.717) is 17.2 Å². The zero-order valence-corrected chi connectivity index (χ0v) is 12.4. The fourth-order valence-corrected chi connectivity index (χ4v) is 4.51. The molecule has 2 heterocycles. The minimum atomic E-state index is 0.336. The maximum absolute atomic E-state index is 6.40. The van der Waals surface area contributed by atoms with Crippen LogP contribution in [0.2, 0.25) is 0 Å². The molecule has 0 bridgehead atoms. The van der Waals surface area contributed by atoms with Crippen LogP contribution >= 0.6 is 23.4 Å². The van der Waals surface area contributed by atoms with Crippen LogP contribution in [-0.4, -0.2) is 35.7 Å². The van der Waals surface area contributed by atoms with Gasteiger partial charge in [0.25, 0.3) is 0 Å². The van der Waals surface area contributed by atoms with Crippen LogP contribution < -0.4 is 0 Å². The fourth-order valence-electron chi connectivity index (χ4n) is 2.94. The summed E-state index contributed by atoms with van der Waals surface area (Å²) >= 11 is 8.41. The van der Waals surface area contributed by atoms with Gasteiger partial charge in [0.1, 0.15) is 0 Å². The van der Waals surface area contributed by atoms with Gasteiger partial charge >= 0.3 is 0 Å². The van der Waals surface area contributed by atoms with Gasteiger partial charge in [-0.3, -0.25) is 0 Å². The van der Waals surface area contributed by atoms with Crippen LogP contribution in [0.25, 0.3) is 0 Å². The average molecular weight is 282 g/mol. The Morgan fingerprint density at radius 3 is 3.06 bits per heavy atom. The van der Waals surface area contributed by atoms with Crippen LogP contribution in [-0.2, 0) is 0 Å². The van der Waals surface area contributed by atoms with Crippen molar-refractivity contribution in [1.29, 1.82) is 0 Å². The number of alkyl halides is 1. The summed E-state index contributed by atoms with van der Waals surface area (Å²) in [6, 6.07) is 8.86. The van der Waals surface area contributed by atoms with Crippen LogP contribution in [0.1, 0.15) is 24.8 Å². The van der Waals surface area contributed by atoms with Gasteiger partial charge in [0.2, 0.25) is 0 Å². The highest BCUT2D eigenvalue weighted by molar-refractivity contribution is 7.99. The molecule has 1 nitrogen and oxygen atoms in total. The highest BCUT2D eigenvalue weighted by Gasteiger charge is 2.29. The lowest BCUT2D eigenvalue weighted by molar-refractivity contribution is 0.189. The zero-order chi connectivity index (χ0) is 12.5. The molecule has 0 radical (unpaired) electrons. The second-order valence-electron chi connectivity index (χ2n) is 5.59. The minimum Gasteiger partial charge on any atom is -0.301 e. The van der Waals surface area contributed by atoms with E-state index in [-0.39, 0.29) is 0 Å². The Kier molecular flexibility index (Phi) is 3.88. The van der Waals surface area contributed by atoms with Crippen molar-refractivity contribution >= 4 is 23.4 Å². The summed E-state index contributed by atoms with van der Waals surface area (Å²) in [6.45, 7) is 5.73. The molecule has 1 aromatic carbocycles. The van der Waals surface area contributed by atoms with Crippen LogP contribution in [0.5, 0.6) is 0 Å². The molecule has 1 aromatic rings. The maximum Gasteiger partial charge on any atom is 0.0489 e. The number of hydrogen-bond acceptors (Lipinski definition) is 2. The SMILES string of the molecule is CC1CCN(CC2CSc3ccccc32)CC1Cl. The predicted molar refractivity (Wildman–Crippen MR) is 79.8 cm³/mol. The molecule has 0 N–H and O–H groups in total. The van der Waals surface area contributed by atoms with Gasteiger partial charge in [0, 0.05) is 35.0 Å². The Morgan fingerprint density at radius 1 is 1.39 bits per heavy atom. The third-order valence-electron chi connectivity index (χ3n) is 4.23. The number of fused-ring (bicyclic) bond motifs is 1. The Bertz CT molecular complexity index is 423. The third kappa shape index (κ3) is 2.56. The molecule has 1 saturated heterocycles. The normalized spacial score (nSPS) is 32.4. The zero-order valence-electron chi connectivity index (χ0n) is 10.8. The number of rotatable bonds is 2. The lowest BCUT2D eigenvalue weighted by Crippen LogP contribution is -2.42. The van der Waals surface area contributed by atoms with E-state index in [0.717, 1.165) is 6.54 Å². The topological polar surface area (TPSA) is 3.24 Å². The van der Waals surface area contributed by atoms with Gasteiger partial charge in [0.05, 0.1) is 0 Å². The Balaban J connectivity index is 1.65. The number of hydrogen-bond donors (Lipinski definition) is 0. The van der Waals surface area contributed by atoms with E-state index in [2.05, 4.69) is 36.1 Å². The van der Waals surface area contributed by atoms with E-state index in [1.54, 1.807) is 5.56 Å². The van der Waals surface area contributed by atoms with Crippen LogP contribution in [0.15, 0.2) is 29.2 Å². The number of halogens is 1. The van der Waals surface area contributed by atoms with Crippen LogP contribution in [0.4, 0.5) is 0 Å². The maximum atomic E-state index is 6.40. The molecule has 0 aromatic heterocycles. The third-order valence-corrected chi connectivity index (χ3v) is 6.05. The molecule has 0 amide bonds. The van der Waals surface area contributed by atoms with Crippen molar-refractivity contribution in [3.05, 3.63) is 29.8 Å². The molecule has 3 unspecified atom stereocenters. The van der Waals surface area contributed by atoms with Gasteiger partial charge < -0.3 is 4.90 Å². The monoisotopic (exact) mass is 281 g/mol. The first-order valence-electron chi connectivity index (χ1n) is 6.82. The first-order chi connectivity index (χ1) is 8.74. The van der Waals surface area contributed by atoms with E-state index < -0.39 is 0 Å². The second kappa shape index (κ2) is 5.44. The Morgan fingerprint density at radius 2 is 2.22 bits per heavy atom. The van der Waals surface area contributed by atoms with Crippen LogP contribution in [0.3, 0.4) is 0 Å². The molecule has 2 aliphatic heterocycles. The summed E-state index contributed by atoms with van der Waals surface area (Å²) in [5.74, 6) is 2.61. The quantitative estimate of drug-likeness (QED) is 0.758. The summed E-state index contributed by atoms with van der Waals surface area (Å²) in [4.78, 5) is 4.04. The molecule has 2 aliphatic rings. The lowest BCUT2D eigenvalue weighted by atomic mass is 9.95. The van der Waals surface area contributed by atoms with Crippen molar-refractivity contribution in [3.8, 4) is 0 Å². The van der Waals surface area contributed by atoms with Crippen molar-refractivity contribution in [1.82, 2.24) is 4.90 Å². The van der Waals surface area contributed by atoms with Crippen molar-refractivity contribution in [3.63, 3.8) is 0 Å². The molecule has 0 saturated carbocycles. The molecule has 0 aliphatic carbocycles. The first kappa shape index (κ1) is 12.8. The number of benzene rings is 1. The van der Waals surface area contributed by atoms with Gasteiger partial charge in [-0.1, -0.05) is 25.1 Å². The molecular formula is C15H20ClNS. The van der Waals surface area contributed by atoms with E-state index in [4.69, 9.17) is 11.6 Å².